The quantitative estimate of drug-likeness (QED) is 0.121. The van der Waals surface area contributed by atoms with Crippen molar-refractivity contribution in [2.24, 2.45) is 0 Å². The van der Waals surface area contributed by atoms with Crippen molar-refractivity contribution in [3.8, 4) is 0 Å². The first-order valence-corrected chi connectivity index (χ1v) is 35.4. The molecule has 6 fully saturated rings. The molecule has 98 heavy (non-hydrogen) atoms. The number of aromatic nitrogens is 9. The SMILES string of the molecule is CC(C)(C)OC(=O)N1CCNCC1.C[C@@H]1CN(c2ccnc3nccnc23)C[C@H](CN2CCCCC2)O1.C[C@@H]1CN(c2ccnc3nccnc23)C[C@H](CN2CCN(C(=O)OC(C)(C)C)CC2)O1.Cc1ccc(S(=O)(=O)OC[C@H]2CN(c3ccnc4nccnc34)C[C@@H](C)O2)cc1.Cl. The number of piperidine rings is 1. The number of piperazine rings is 2. The van der Waals surface area contributed by atoms with Crippen LogP contribution in [-0.4, -0.2) is 257 Å². The summed E-state index contributed by atoms with van der Waals surface area (Å²) in [5.41, 5.74) is 7.54. The molecule has 532 valence electrons. The van der Waals surface area contributed by atoms with Crippen LogP contribution < -0.4 is 20.0 Å². The summed E-state index contributed by atoms with van der Waals surface area (Å²) in [6, 6.07) is 12.5. The lowest BCUT2D eigenvalue weighted by atomic mass is 10.1. The third-order valence-electron chi connectivity index (χ3n) is 16.9. The minimum absolute atomic E-state index is 0. The van der Waals surface area contributed by atoms with Crippen molar-refractivity contribution in [1.29, 1.82) is 0 Å². The molecule has 12 heterocycles. The highest BCUT2D eigenvalue weighted by molar-refractivity contribution is 7.86. The van der Waals surface area contributed by atoms with E-state index in [4.69, 9.17) is 27.9 Å². The van der Waals surface area contributed by atoms with Crippen molar-refractivity contribution in [3.63, 3.8) is 0 Å². The number of morpholine rings is 3. The maximum Gasteiger partial charge on any atom is 0.410 e. The van der Waals surface area contributed by atoms with Crippen LogP contribution in [0, 0.1) is 6.92 Å². The van der Waals surface area contributed by atoms with Crippen molar-refractivity contribution >= 4 is 85.3 Å². The minimum Gasteiger partial charge on any atom is -0.444 e. The first kappa shape index (κ1) is 74.8. The van der Waals surface area contributed by atoms with Crippen LogP contribution in [0.1, 0.15) is 87.1 Å². The molecule has 6 aromatic heterocycles. The monoisotopic (exact) mass is 1390 g/mol. The molecule has 1 N–H and O–H groups in total. The molecule has 6 aliphatic heterocycles. The molecule has 0 spiro atoms. The van der Waals surface area contributed by atoms with E-state index in [2.05, 4.69) is 88.5 Å². The summed E-state index contributed by atoms with van der Waals surface area (Å²) in [6.45, 7) is 34.3. The van der Waals surface area contributed by atoms with Crippen LogP contribution in [0.4, 0.5) is 26.7 Å². The zero-order valence-corrected chi connectivity index (χ0v) is 59.9. The molecule has 13 rings (SSSR count). The number of benzene rings is 1. The first-order chi connectivity index (χ1) is 46.5. The molecule has 0 aliphatic carbocycles. The first-order valence-electron chi connectivity index (χ1n) is 33.9. The molecule has 27 nitrogen and oxygen atoms in total. The zero-order valence-electron chi connectivity index (χ0n) is 58.3. The fourth-order valence-electron chi connectivity index (χ4n) is 12.6. The second kappa shape index (κ2) is 34.6. The van der Waals surface area contributed by atoms with Crippen LogP contribution in [-0.2, 0) is 38.0 Å². The fraction of sp³-hybridized carbons (Fsp3) is 0.580. The fourth-order valence-corrected chi connectivity index (χ4v) is 13.6. The van der Waals surface area contributed by atoms with Gasteiger partial charge in [0.25, 0.3) is 10.1 Å². The van der Waals surface area contributed by atoms with Crippen LogP contribution in [0.2, 0.25) is 0 Å². The van der Waals surface area contributed by atoms with E-state index in [0.717, 1.165) is 112 Å². The Morgan fingerprint density at radius 3 is 1.27 bits per heavy atom. The smallest absolute Gasteiger partial charge is 0.410 e. The van der Waals surface area contributed by atoms with Gasteiger partial charge in [-0.15, -0.1) is 12.4 Å². The summed E-state index contributed by atoms with van der Waals surface area (Å²) in [7, 11) is -3.84. The summed E-state index contributed by atoms with van der Waals surface area (Å²) < 4.78 is 59.4. The van der Waals surface area contributed by atoms with Gasteiger partial charge in [0.1, 0.15) is 33.9 Å². The molecule has 0 saturated carbocycles. The molecule has 0 unspecified atom stereocenters. The van der Waals surface area contributed by atoms with Gasteiger partial charge in [-0.1, -0.05) is 24.1 Å². The van der Waals surface area contributed by atoms with Gasteiger partial charge in [0, 0.05) is 160 Å². The van der Waals surface area contributed by atoms with E-state index in [0.29, 0.717) is 48.6 Å². The van der Waals surface area contributed by atoms with E-state index in [1.807, 2.05) is 79.8 Å². The number of nitrogens with zero attached hydrogens (tertiary/aromatic N) is 16. The van der Waals surface area contributed by atoms with Crippen LogP contribution in [0.3, 0.4) is 0 Å². The Labute approximate surface area is 582 Å². The third-order valence-corrected chi connectivity index (χ3v) is 18.2. The Kier molecular flexibility index (Phi) is 26.4. The van der Waals surface area contributed by atoms with Gasteiger partial charge in [-0.3, -0.25) is 9.08 Å². The van der Waals surface area contributed by atoms with Crippen molar-refractivity contribution in [2.45, 2.75) is 141 Å². The second-order valence-corrected chi connectivity index (χ2v) is 29.1. The number of ether oxygens (including phenoxy) is 5. The van der Waals surface area contributed by atoms with Crippen LogP contribution in [0.15, 0.2) is 103 Å². The van der Waals surface area contributed by atoms with E-state index in [9.17, 15) is 18.0 Å². The van der Waals surface area contributed by atoms with Crippen molar-refractivity contribution in [2.75, 3.05) is 139 Å². The molecule has 1 aromatic carbocycles. The van der Waals surface area contributed by atoms with E-state index >= 15 is 0 Å². The molecule has 6 aliphatic rings. The van der Waals surface area contributed by atoms with Gasteiger partial charge in [-0.2, -0.15) is 8.42 Å². The van der Waals surface area contributed by atoms with Crippen LogP contribution in [0.25, 0.3) is 33.5 Å². The number of aryl methyl sites for hydroxylation is 1. The van der Waals surface area contributed by atoms with Gasteiger partial charge in [-0.05, 0) is 126 Å². The number of likely N-dealkylation sites (tertiary alicyclic amines) is 1. The Hall–Kier alpha value is -7.41. The van der Waals surface area contributed by atoms with Gasteiger partial charge < -0.3 is 58.4 Å². The van der Waals surface area contributed by atoms with E-state index in [1.165, 1.54) is 32.4 Å². The van der Waals surface area contributed by atoms with Crippen molar-refractivity contribution < 1.29 is 45.9 Å². The van der Waals surface area contributed by atoms with E-state index in [-0.39, 0.29) is 72.2 Å². The van der Waals surface area contributed by atoms with E-state index < -0.39 is 21.8 Å². The molecular formula is C69H98ClN17O10S. The number of nitrogens with one attached hydrogen (secondary N) is 1. The lowest BCUT2D eigenvalue weighted by Crippen LogP contribution is -2.55. The number of carbonyl (C=O) groups is 2. The van der Waals surface area contributed by atoms with Gasteiger partial charge in [0.05, 0.1) is 59.1 Å². The van der Waals surface area contributed by atoms with Crippen molar-refractivity contribution in [1.82, 2.24) is 69.8 Å². The van der Waals surface area contributed by atoms with E-state index in [1.54, 1.807) is 83.6 Å². The van der Waals surface area contributed by atoms with Gasteiger partial charge in [0.2, 0.25) is 0 Å². The number of amides is 2. The summed E-state index contributed by atoms with van der Waals surface area (Å²) >= 11 is 0. The highest BCUT2D eigenvalue weighted by Gasteiger charge is 2.34. The molecule has 6 atom stereocenters. The molecule has 0 radical (unpaired) electrons. The number of anilines is 3. The number of halogens is 1. The zero-order chi connectivity index (χ0) is 68.7. The number of pyridine rings is 3. The predicted molar refractivity (Wildman–Crippen MR) is 378 cm³/mol. The average molecular weight is 1390 g/mol. The summed E-state index contributed by atoms with van der Waals surface area (Å²) in [5.74, 6) is 0. The molecular weight excluding hydrogens is 1290 g/mol. The number of hydrogen-bond donors (Lipinski definition) is 1. The van der Waals surface area contributed by atoms with Crippen LogP contribution in [0.5, 0.6) is 0 Å². The Bertz CT molecular complexity index is 3790. The number of fused-ring (bicyclic) bond motifs is 3. The predicted octanol–water partition coefficient (Wildman–Crippen LogP) is 7.86. The van der Waals surface area contributed by atoms with Crippen LogP contribution >= 0.6 is 12.4 Å². The van der Waals surface area contributed by atoms with Gasteiger partial charge in [0.15, 0.2) is 16.9 Å². The summed E-state index contributed by atoms with van der Waals surface area (Å²) in [5, 5.41) is 3.18. The molecule has 2 amide bonds. The number of rotatable bonds is 11. The number of hydrogen-bond acceptors (Lipinski definition) is 25. The molecule has 6 saturated heterocycles. The molecule has 29 heteroatoms. The second-order valence-electron chi connectivity index (χ2n) is 27.5. The third kappa shape index (κ3) is 21.6. The highest BCUT2D eigenvalue weighted by Crippen LogP contribution is 2.30. The average Bonchev–Trinajstić information content (AvgIpc) is 0.814. The van der Waals surface area contributed by atoms with Gasteiger partial charge >= 0.3 is 12.2 Å². The lowest BCUT2D eigenvalue weighted by Gasteiger charge is -2.42. The van der Waals surface area contributed by atoms with Crippen molar-refractivity contribution in [3.05, 3.63) is 104 Å². The van der Waals surface area contributed by atoms with Gasteiger partial charge in [-0.25, -0.2) is 54.4 Å². The standard InChI is InChI=1S/C22H32N6O3.C20H22N4O4S.C18H25N5O.C9H18N2O2.ClH/c1-16-13-28(18-5-6-24-20-19(18)23-7-8-25-20)15-17(30-16)14-26-9-11-27(12-10-26)21(29)31-22(2,3)4;1-14-3-5-17(6-4-14)29(25,26)27-13-16-12-24(11-15(2)28-16)18-7-8-22-20-19(18)21-9-10-23-20;1-14-11-23(13-15(24-14)12-22-9-3-2-4-10-22)16-5-6-20-18-17(16)19-7-8-21-18;1-9(2,3)13-8(12)11-6-4-10-5-7-11;/h5-8,16-17H,9-15H2,1-4H3;3-10,15-16H,11-13H2,1-2H3;5-8,14-15H,2-4,9-13H2,1H3;10H,4-7H2,1-3H3;1H/t16-,17+;15-,16-;14-,15+;;/m111../s1. The lowest BCUT2D eigenvalue weighted by molar-refractivity contribution is -0.0393. The topological polar surface area (TPSA) is 274 Å². The molecule has 0 bridgehead atoms. The maximum atomic E-state index is 12.5. The summed E-state index contributed by atoms with van der Waals surface area (Å²) in [6.07, 6.45) is 19.1. The summed E-state index contributed by atoms with van der Waals surface area (Å²) in [4.78, 5) is 78.4. The molecule has 7 aromatic rings. The highest BCUT2D eigenvalue weighted by atomic mass is 35.5. The Morgan fingerprint density at radius 1 is 0.480 bits per heavy atom. The normalized spacial score (nSPS) is 22.1. The largest absolute Gasteiger partial charge is 0.444 e. The maximum absolute atomic E-state index is 12.5. The number of carbonyl (C=O) groups excluding carboxylic acids is 2. The Balaban J connectivity index is 0.000000158. The minimum atomic E-state index is -3.84. The Morgan fingerprint density at radius 2 is 0.847 bits per heavy atom.